The van der Waals surface area contributed by atoms with Gasteiger partial charge in [0.2, 0.25) is 0 Å². The smallest absolute Gasteiger partial charge is 0.411 e. The topological polar surface area (TPSA) is 67.4 Å². The fourth-order valence-electron chi connectivity index (χ4n) is 2.70. The molecule has 2 N–H and O–H groups in total. The normalized spacial score (nSPS) is 11.0. The van der Waals surface area contributed by atoms with Crippen molar-refractivity contribution >= 4 is 17.7 Å². The first-order valence-electron chi connectivity index (χ1n) is 9.07. The molecule has 0 unspecified atom stereocenters. The largest absolute Gasteiger partial charge is 0.447 e. The number of carbonyl (C=O) groups is 2. The van der Waals surface area contributed by atoms with Crippen molar-refractivity contribution < 1.29 is 14.3 Å². The summed E-state index contributed by atoms with van der Waals surface area (Å²) in [5, 5.41) is 5.56. The minimum atomic E-state index is -0.593. The second kappa shape index (κ2) is 9.77. The summed E-state index contributed by atoms with van der Waals surface area (Å²) in [5.74, 6) is 2.23. The van der Waals surface area contributed by atoms with Crippen LogP contribution in [0.2, 0.25) is 0 Å². The summed E-state index contributed by atoms with van der Waals surface area (Å²) >= 11 is 0. The lowest BCUT2D eigenvalue weighted by atomic mass is 10.1. The Labute approximate surface area is 169 Å². The zero-order chi connectivity index (χ0) is 20.5. The molecule has 0 aliphatic heterocycles. The molecular formula is C24H20N2O3. The van der Waals surface area contributed by atoms with Crippen molar-refractivity contribution in [2.24, 2.45) is 0 Å². The fourth-order valence-corrected chi connectivity index (χ4v) is 2.70. The molecule has 0 aliphatic rings. The van der Waals surface area contributed by atoms with Crippen molar-refractivity contribution in [1.29, 1.82) is 0 Å². The summed E-state index contributed by atoms with van der Waals surface area (Å²) in [6.07, 6.45) is 4.76. The molecule has 3 rings (SSSR count). The number of para-hydroxylation sites is 1. The minimum absolute atomic E-state index is 0.0170. The number of nitrogens with one attached hydrogen (secondary N) is 2. The Morgan fingerprint density at radius 3 is 2.14 bits per heavy atom. The summed E-state index contributed by atoms with van der Waals surface area (Å²) in [7, 11) is 0. The maximum absolute atomic E-state index is 12.6. The number of anilines is 1. The summed E-state index contributed by atoms with van der Waals surface area (Å²) in [5.41, 5.74) is 2.63. The molecule has 5 heteroatoms. The van der Waals surface area contributed by atoms with Gasteiger partial charge in [-0.3, -0.25) is 10.1 Å². The van der Waals surface area contributed by atoms with Gasteiger partial charge in [0.05, 0.1) is 6.04 Å². The summed E-state index contributed by atoms with van der Waals surface area (Å²) in [6, 6.07) is 24.6. The summed E-state index contributed by atoms with van der Waals surface area (Å²) < 4.78 is 5.34. The van der Waals surface area contributed by atoms with Crippen LogP contribution in [0, 0.1) is 12.3 Å². The van der Waals surface area contributed by atoms with Crippen molar-refractivity contribution in [2.45, 2.75) is 6.04 Å². The first-order valence-corrected chi connectivity index (χ1v) is 9.07. The van der Waals surface area contributed by atoms with Gasteiger partial charge in [0.15, 0.2) is 0 Å². The SMILES string of the molecule is C#Cc1ccc(C(=O)N[C@H](COC(=O)Nc2ccccc2)c2ccccc2)cc1. The number of hydrogen-bond acceptors (Lipinski definition) is 3. The molecule has 1 atom stereocenters. The Morgan fingerprint density at radius 1 is 0.897 bits per heavy atom. The molecule has 0 radical (unpaired) electrons. The second-order valence-electron chi connectivity index (χ2n) is 6.25. The molecule has 0 aliphatic carbocycles. The molecule has 0 fully saturated rings. The predicted octanol–water partition coefficient (Wildman–Crippen LogP) is 4.39. The number of terminal acetylenes is 1. The summed E-state index contributed by atoms with van der Waals surface area (Å²) in [4.78, 5) is 24.8. The number of amides is 2. The van der Waals surface area contributed by atoms with E-state index in [0.717, 1.165) is 5.56 Å². The molecule has 2 amide bonds. The van der Waals surface area contributed by atoms with Gasteiger partial charge in [-0.25, -0.2) is 4.79 Å². The van der Waals surface area contributed by atoms with Crippen LogP contribution in [0.15, 0.2) is 84.9 Å². The monoisotopic (exact) mass is 384 g/mol. The van der Waals surface area contributed by atoms with Crippen LogP contribution in [0.1, 0.15) is 27.5 Å². The van der Waals surface area contributed by atoms with Gasteiger partial charge in [-0.05, 0) is 42.0 Å². The van der Waals surface area contributed by atoms with E-state index in [2.05, 4.69) is 16.6 Å². The van der Waals surface area contributed by atoms with E-state index in [4.69, 9.17) is 11.2 Å². The van der Waals surface area contributed by atoms with Crippen LogP contribution in [0.3, 0.4) is 0 Å². The minimum Gasteiger partial charge on any atom is -0.447 e. The average molecular weight is 384 g/mol. The number of carbonyl (C=O) groups excluding carboxylic acids is 2. The number of benzene rings is 3. The lowest BCUT2D eigenvalue weighted by Crippen LogP contribution is -2.32. The number of rotatable bonds is 6. The first kappa shape index (κ1) is 19.7. The quantitative estimate of drug-likeness (QED) is 0.620. The third-order valence-electron chi connectivity index (χ3n) is 4.22. The van der Waals surface area contributed by atoms with Crippen molar-refractivity contribution in [2.75, 3.05) is 11.9 Å². The van der Waals surface area contributed by atoms with Crippen molar-refractivity contribution in [3.8, 4) is 12.3 Å². The molecule has 3 aromatic rings. The lowest BCUT2D eigenvalue weighted by Gasteiger charge is -2.19. The van der Waals surface area contributed by atoms with E-state index in [9.17, 15) is 9.59 Å². The van der Waals surface area contributed by atoms with Crippen LogP contribution < -0.4 is 10.6 Å². The molecule has 0 bridgehead atoms. The van der Waals surface area contributed by atoms with Crippen molar-refractivity contribution in [1.82, 2.24) is 5.32 Å². The van der Waals surface area contributed by atoms with Crippen LogP contribution in [0.5, 0.6) is 0 Å². The molecule has 0 aromatic heterocycles. The Bertz CT molecular complexity index is 994. The van der Waals surface area contributed by atoms with Gasteiger partial charge in [-0.1, -0.05) is 54.5 Å². The zero-order valence-corrected chi connectivity index (χ0v) is 15.7. The van der Waals surface area contributed by atoms with E-state index in [-0.39, 0.29) is 12.5 Å². The lowest BCUT2D eigenvalue weighted by molar-refractivity contribution is 0.0901. The highest BCUT2D eigenvalue weighted by Crippen LogP contribution is 2.15. The van der Waals surface area contributed by atoms with Gasteiger partial charge < -0.3 is 10.1 Å². The summed E-state index contributed by atoms with van der Waals surface area (Å²) in [6.45, 7) is -0.0170. The van der Waals surface area contributed by atoms with E-state index in [0.29, 0.717) is 16.8 Å². The second-order valence-corrected chi connectivity index (χ2v) is 6.25. The molecule has 0 heterocycles. The van der Waals surface area contributed by atoms with Crippen LogP contribution >= 0.6 is 0 Å². The van der Waals surface area contributed by atoms with Crippen molar-refractivity contribution in [3.05, 3.63) is 102 Å². The molecule has 29 heavy (non-hydrogen) atoms. The number of ether oxygens (including phenoxy) is 1. The van der Waals surface area contributed by atoms with Gasteiger partial charge in [-0.2, -0.15) is 0 Å². The molecule has 144 valence electrons. The van der Waals surface area contributed by atoms with E-state index in [1.807, 2.05) is 48.5 Å². The van der Waals surface area contributed by atoms with E-state index in [1.54, 1.807) is 36.4 Å². The highest BCUT2D eigenvalue weighted by atomic mass is 16.5. The van der Waals surface area contributed by atoms with Gasteiger partial charge in [0, 0.05) is 16.8 Å². The highest BCUT2D eigenvalue weighted by Gasteiger charge is 2.18. The molecule has 0 saturated carbocycles. The number of hydrogen-bond donors (Lipinski definition) is 2. The van der Waals surface area contributed by atoms with Gasteiger partial charge >= 0.3 is 6.09 Å². The molecule has 0 spiro atoms. The molecule has 3 aromatic carbocycles. The highest BCUT2D eigenvalue weighted by molar-refractivity contribution is 5.94. The Balaban J connectivity index is 1.67. The third-order valence-corrected chi connectivity index (χ3v) is 4.22. The van der Waals surface area contributed by atoms with Crippen LogP contribution in [-0.4, -0.2) is 18.6 Å². The van der Waals surface area contributed by atoms with E-state index in [1.165, 1.54) is 0 Å². The third kappa shape index (κ3) is 5.72. The molecule has 0 saturated heterocycles. The van der Waals surface area contributed by atoms with Crippen LogP contribution in [0.25, 0.3) is 0 Å². The van der Waals surface area contributed by atoms with Gasteiger partial charge in [0.25, 0.3) is 5.91 Å². The fraction of sp³-hybridized carbons (Fsp3) is 0.0833. The van der Waals surface area contributed by atoms with Crippen molar-refractivity contribution in [3.63, 3.8) is 0 Å². The standard InChI is InChI=1S/C24H20N2O3/c1-2-18-13-15-20(16-14-18)23(27)26-22(19-9-5-3-6-10-19)17-29-24(28)25-21-11-7-4-8-12-21/h1,3-16,22H,17H2,(H,25,28)(H,26,27)/t22-/m1/s1. The van der Waals surface area contributed by atoms with Crippen LogP contribution in [-0.2, 0) is 4.74 Å². The predicted molar refractivity (Wildman–Crippen MR) is 112 cm³/mol. The Hall–Kier alpha value is -4.04. The molecular weight excluding hydrogens is 364 g/mol. The molecule has 5 nitrogen and oxygen atoms in total. The zero-order valence-electron chi connectivity index (χ0n) is 15.7. The average Bonchev–Trinajstić information content (AvgIpc) is 2.77. The van der Waals surface area contributed by atoms with Gasteiger partial charge in [-0.15, -0.1) is 6.42 Å². The maximum atomic E-state index is 12.6. The van der Waals surface area contributed by atoms with Gasteiger partial charge in [0.1, 0.15) is 6.61 Å². The van der Waals surface area contributed by atoms with E-state index < -0.39 is 12.1 Å². The van der Waals surface area contributed by atoms with E-state index >= 15 is 0 Å². The Morgan fingerprint density at radius 2 is 1.52 bits per heavy atom. The maximum Gasteiger partial charge on any atom is 0.411 e. The first-order chi connectivity index (χ1) is 14.2. The van der Waals surface area contributed by atoms with Crippen LogP contribution in [0.4, 0.5) is 10.5 Å². The Kier molecular flexibility index (Phi) is 6.64.